The molecule has 18 atom stereocenters. The highest BCUT2D eigenvalue weighted by Gasteiger charge is 2.88. The van der Waals surface area contributed by atoms with Crippen LogP contribution < -0.4 is 10.6 Å². The Kier molecular flexibility index (Phi) is 8.41. The van der Waals surface area contributed by atoms with Crippen LogP contribution in [0, 0.1) is 75.9 Å². The van der Waals surface area contributed by atoms with Gasteiger partial charge in [-0.2, -0.15) is 0 Å². The number of hydrogen-bond donors (Lipinski definition) is 7. The second kappa shape index (κ2) is 12.7. The topological polar surface area (TPSA) is 169 Å². The number of rotatable bonds is 7. The lowest BCUT2D eigenvalue weighted by Gasteiger charge is -2.76. The molecule has 0 aromatic rings. The van der Waals surface area contributed by atoms with Gasteiger partial charge >= 0.3 is 5.97 Å². The molecule has 7 fully saturated rings. The molecule has 1 aliphatic heterocycles. The number of esters is 1. The molecule has 0 amide bonds. The Bertz CT molecular complexity index is 1840. The summed E-state index contributed by atoms with van der Waals surface area (Å²) in [5.41, 5.74) is -7.26. The first-order valence-electron chi connectivity index (χ1n) is 22.8. The number of carbonyl (C=O) groups is 2. The number of aldehydes is 1. The predicted molar refractivity (Wildman–Crippen MR) is 211 cm³/mol. The van der Waals surface area contributed by atoms with E-state index in [0.717, 1.165) is 49.8 Å². The first kappa shape index (κ1) is 37.8. The summed E-state index contributed by atoms with van der Waals surface area (Å²) < 4.78 is 6.40. The van der Waals surface area contributed by atoms with Gasteiger partial charge in [-0.25, -0.2) is 4.79 Å². The lowest BCUT2D eigenvalue weighted by atomic mass is 9.30. The summed E-state index contributed by atoms with van der Waals surface area (Å²) in [6, 6.07) is 0. The van der Waals surface area contributed by atoms with Gasteiger partial charge in [-0.3, -0.25) is 0 Å². The Morgan fingerprint density at radius 1 is 0.877 bits per heavy atom. The maximum absolute atomic E-state index is 14.5. The number of aliphatic hydroxyl groups excluding tert-OH is 2. The highest BCUT2D eigenvalue weighted by molar-refractivity contribution is 5.88. The molecular weight excluding hydrogens is 721 g/mol. The quantitative estimate of drug-likeness (QED) is 0.0879. The van der Waals surface area contributed by atoms with E-state index in [2.05, 4.69) is 34.9 Å². The van der Waals surface area contributed by atoms with Gasteiger partial charge < -0.3 is 45.7 Å². The van der Waals surface area contributed by atoms with Crippen molar-refractivity contribution in [2.75, 3.05) is 26.7 Å². The minimum absolute atomic E-state index is 0.0808. The van der Waals surface area contributed by atoms with Crippen molar-refractivity contribution in [2.45, 2.75) is 125 Å². The van der Waals surface area contributed by atoms with Gasteiger partial charge in [0.05, 0.1) is 23.2 Å². The van der Waals surface area contributed by atoms with Crippen LogP contribution >= 0.6 is 0 Å². The van der Waals surface area contributed by atoms with Crippen LogP contribution in [-0.2, 0) is 14.3 Å². The zero-order chi connectivity index (χ0) is 39.3. The average Bonchev–Trinajstić information content (AvgIpc) is 3.87. The molecule has 0 saturated heterocycles. The zero-order valence-corrected chi connectivity index (χ0v) is 33.5. The number of fused-ring (bicyclic) bond motifs is 2. The van der Waals surface area contributed by atoms with E-state index >= 15 is 0 Å². The molecule has 7 N–H and O–H groups in total. The van der Waals surface area contributed by atoms with Crippen LogP contribution in [-0.4, -0.2) is 99.1 Å². The normalized spacial score (nSPS) is 55.2. The van der Waals surface area contributed by atoms with Crippen molar-refractivity contribution in [3.8, 4) is 0 Å². The van der Waals surface area contributed by atoms with Crippen LogP contribution in [0.15, 0.2) is 47.6 Å². The maximum atomic E-state index is 14.5. The van der Waals surface area contributed by atoms with Crippen LogP contribution in [0.3, 0.4) is 0 Å². The molecule has 1 spiro atoms. The van der Waals surface area contributed by atoms with E-state index in [0.29, 0.717) is 50.5 Å². The van der Waals surface area contributed by atoms with Crippen molar-refractivity contribution in [2.24, 2.45) is 75.9 Å². The minimum Gasteiger partial charge on any atom is -0.447 e. The lowest BCUT2D eigenvalue weighted by Crippen LogP contribution is -2.88. The third-order valence-electron chi connectivity index (χ3n) is 19.6. The van der Waals surface area contributed by atoms with Gasteiger partial charge in [0.2, 0.25) is 0 Å². The third-order valence-corrected chi connectivity index (χ3v) is 19.6. The third kappa shape index (κ3) is 4.37. The second-order valence-corrected chi connectivity index (χ2v) is 21.1. The molecule has 10 heteroatoms. The van der Waals surface area contributed by atoms with Gasteiger partial charge in [0.25, 0.3) is 0 Å². The first-order valence-corrected chi connectivity index (χ1v) is 22.8. The SMILES string of the molecule is CNCCNCC1=C[C@H]2C[C@@]3(O)[C@]4(CCCC[C@@]15OC(=O)C=C5[C@@H]24)C[C@H]1C=C[C@H]2C[C@H](O)[C@@H]4C[C@H]5C=CC[C@H](C6CCCC6)[C@H]5C[C@@H]5[C@@H](O)[C@]3(O)[C@H]1[C@]2(C=O)[C@]54O. The Balaban J connectivity index is 1.10. The van der Waals surface area contributed by atoms with Gasteiger partial charge in [-0.1, -0.05) is 62.5 Å². The molecule has 0 unspecified atom stereocenters. The minimum atomic E-state index is -2.15. The molecule has 57 heavy (non-hydrogen) atoms. The van der Waals surface area contributed by atoms with Crippen LogP contribution in [0.1, 0.15) is 89.9 Å². The number of ether oxygens (including phenoxy) is 1. The first-order chi connectivity index (χ1) is 27.4. The largest absolute Gasteiger partial charge is 0.447 e. The van der Waals surface area contributed by atoms with Crippen LogP contribution in [0.2, 0.25) is 0 Å². The van der Waals surface area contributed by atoms with E-state index in [1.165, 1.54) is 25.7 Å². The molecule has 0 aromatic carbocycles. The van der Waals surface area contributed by atoms with E-state index in [-0.39, 0.29) is 42.5 Å². The molecule has 10 aliphatic carbocycles. The highest BCUT2D eigenvalue weighted by atomic mass is 16.6. The smallest absolute Gasteiger partial charge is 0.332 e. The van der Waals surface area contributed by atoms with Crippen molar-refractivity contribution >= 4 is 12.3 Å². The van der Waals surface area contributed by atoms with Crippen molar-refractivity contribution in [3.63, 3.8) is 0 Å². The van der Waals surface area contributed by atoms with Gasteiger partial charge in [0, 0.05) is 48.9 Å². The van der Waals surface area contributed by atoms with Crippen LogP contribution in [0.25, 0.3) is 0 Å². The van der Waals surface area contributed by atoms with E-state index in [9.17, 15) is 35.1 Å². The monoisotopic (exact) mass is 784 g/mol. The molecule has 7 saturated carbocycles. The molecule has 310 valence electrons. The van der Waals surface area contributed by atoms with Crippen molar-refractivity contribution < 1.29 is 39.9 Å². The van der Waals surface area contributed by atoms with Crippen LogP contribution in [0.4, 0.5) is 0 Å². The number of nitrogens with one attached hydrogen (secondary N) is 2. The Labute approximate surface area is 336 Å². The number of allylic oxidation sites excluding steroid dienone is 5. The van der Waals surface area contributed by atoms with E-state index in [4.69, 9.17) is 4.74 Å². The number of hydrogen-bond acceptors (Lipinski definition) is 10. The summed E-state index contributed by atoms with van der Waals surface area (Å²) in [7, 11) is 1.91. The Morgan fingerprint density at radius 2 is 1.68 bits per heavy atom. The summed E-state index contributed by atoms with van der Waals surface area (Å²) >= 11 is 0. The summed E-state index contributed by atoms with van der Waals surface area (Å²) in [6.45, 7) is 2.04. The van der Waals surface area contributed by atoms with E-state index in [1.807, 2.05) is 13.1 Å². The molecule has 2 bridgehead atoms. The van der Waals surface area contributed by atoms with Crippen molar-refractivity contribution in [1.29, 1.82) is 0 Å². The summed E-state index contributed by atoms with van der Waals surface area (Å²) in [5, 5.41) is 74.6. The van der Waals surface area contributed by atoms with E-state index in [1.54, 1.807) is 6.08 Å². The molecule has 0 aromatic heterocycles. The van der Waals surface area contributed by atoms with Crippen molar-refractivity contribution in [1.82, 2.24) is 10.6 Å². The van der Waals surface area contributed by atoms with Gasteiger partial charge in [-0.05, 0) is 123 Å². The number of aliphatic hydroxyl groups is 5. The summed E-state index contributed by atoms with van der Waals surface area (Å²) in [6.07, 6.45) is 21.5. The standard InChI is InChI=1S/C47H64N2O8/c1-48-15-16-49-24-31-17-29-23-45(54)42(13-4-5-14-44(31)35(39(29)42)21-38(52)57-44)22-28-11-12-30-19-37(51)34-18-27-9-6-10-32(26-7-2-3-8-26)33(27)20-36-41(53)47(45,56)40(28)43(30,25-50)46(34,36)55/h6,9,11-12,17,21,25-30,32-34,36-37,39-41,48-49,51,53-56H,2-5,7-8,10,13-16,18-20,22-24H2,1H3/t27-,28-,29+,30+,32-,33+,34+,36-,37+,39-,40-,41-,42-,43-,44-,45-,46-,47-/m1/s1. The van der Waals surface area contributed by atoms with Gasteiger partial charge in [0.1, 0.15) is 17.5 Å². The average molecular weight is 785 g/mol. The highest BCUT2D eigenvalue weighted by Crippen LogP contribution is 2.80. The molecule has 11 rings (SSSR count). The fourth-order valence-corrected chi connectivity index (χ4v) is 17.8. The number of likely N-dealkylation sites (N-methyl/N-ethyl adjacent to an activating group) is 1. The Morgan fingerprint density at radius 3 is 2.47 bits per heavy atom. The van der Waals surface area contributed by atoms with Crippen LogP contribution in [0.5, 0.6) is 0 Å². The van der Waals surface area contributed by atoms with Gasteiger partial charge in [0.15, 0.2) is 5.60 Å². The molecule has 0 radical (unpaired) electrons. The second-order valence-electron chi connectivity index (χ2n) is 21.1. The molecule has 10 nitrogen and oxygen atoms in total. The summed E-state index contributed by atoms with van der Waals surface area (Å²) in [5.74, 6) is -3.35. The molecule has 11 aliphatic rings. The summed E-state index contributed by atoms with van der Waals surface area (Å²) in [4.78, 5) is 28.0. The molecule has 1 heterocycles. The Hall–Kier alpha value is -2.18. The van der Waals surface area contributed by atoms with Gasteiger partial charge in [-0.15, -0.1) is 0 Å². The fraction of sp³-hybridized carbons (Fsp3) is 0.787. The number of carbonyl (C=O) groups excluding carboxylic acids is 2. The lowest BCUT2D eigenvalue weighted by molar-refractivity contribution is -0.390. The molecular formula is C47H64N2O8. The predicted octanol–water partition coefficient (Wildman–Crippen LogP) is 3.52. The van der Waals surface area contributed by atoms with Crippen molar-refractivity contribution in [3.05, 3.63) is 47.6 Å². The zero-order valence-electron chi connectivity index (χ0n) is 33.5. The fourth-order valence-electron chi connectivity index (χ4n) is 17.8. The van der Waals surface area contributed by atoms with E-state index < -0.39 is 75.0 Å². The maximum Gasteiger partial charge on any atom is 0.332 e.